The summed E-state index contributed by atoms with van der Waals surface area (Å²) in [5.74, 6) is 0.305. The second kappa shape index (κ2) is 8.12. The zero-order valence-corrected chi connectivity index (χ0v) is 16.0. The molecule has 3 heterocycles. The van der Waals surface area contributed by atoms with Crippen molar-refractivity contribution >= 4 is 11.5 Å². The summed E-state index contributed by atoms with van der Waals surface area (Å²) in [6, 6.07) is 7.87. The van der Waals surface area contributed by atoms with E-state index in [0.717, 1.165) is 35.5 Å². The van der Waals surface area contributed by atoms with Crippen molar-refractivity contribution in [2.45, 2.75) is 26.2 Å². The highest BCUT2D eigenvalue weighted by Gasteiger charge is 2.29. The van der Waals surface area contributed by atoms with Gasteiger partial charge in [-0.25, -0.2) is 0 Å². The average molecular weight is 359 g/mol. The summed E-state index contributed by atoms with van der Waals surface area (Å²) >= 11 is 0. The lowest BCUT2D eigenvalue weighted by molar-refractivity contribution is 0.0785. The van der Waals surface area contributed by atoms with Crippen LogP contribution in [0, 0.1) is 13.8 Å². The maximum atomic E-state index is 12.7. The molecule has 1 aliphatic rings. The first kappa shape index (κ1) is 18.8. The van der Waals surface area contributed by atoms with Crippen LogP contribution in [0.4, 0.5) is 0 Å². The van der Waals surface area contributed by atoms with Gasteiger partial charge >= 0.3 is 0 Å². The first-order valence-electron chi connectivity index (χ1n) is 9.18. The minimum atomic E-state index is 0.00240. The minimum Gasteiger partial charge on any atom is -0.337 e. The van der Waals surface area contributed by atoms with Crippen LogP contribution in [0.15, 0.2) is 61.8 Å². The number of aryl methyl sites for hydroxylation is 2. The molecule has 3 rings (SSSR count). The molecule has 4 heteroatoms. The van der Waals surface area contributed by atoms with E-state index >= 15 is 0 Å². The Kier molecular flexibility index (Phi) is 5.65. The van der Waals surface area contributed by atoms with E-state index in [1.165, 1.54) is 5.56 Å². The molecule has 4 nitrogen and oxygen atoms in total. The number of pyridine rings is 2. The lowest BCUT2D eigenvalue weighted by Gasteiger charge is -2.17. The van der Waals surface area contributed by atoms with Crippen LogP contribution >= 0.6 is 0 Å². The van der Waals surface area contributed by atoms with Crippen LogP contribution in [0.25, 0.3) is 5.57 Å². The quantitative estimate of drug-likeness (QED) is 0.740. The lowest BCUT2D eigenvalue weighted by Crippen LogP contribution is -2.29. The Bertz CT molecular complexity index is 896. The highest BCUT2D eigenvalue weighted by Crippen LogP contribution is 2.30. The number of rotatable bonds is 5. The summed E-state index contributed by atoms with van der Waals surface area (Å²) in [6.45, 7) is 13.0. The van der Waals surface area contributed by atoms with E-state index < -0.39 is 0 Å². The molecule has 0 bridgehead atoms. The van der Waals surface area contributed by atoms with E-state index in [4.69, 9.17) is 4.98 Å². The fourth-order valence-corrected chi connectivity index (χ4v) is 3.50. The summed E-state index contributed by atoms with van der Waals surface area (Å²) in [5.41, 5.74) is 5.60. The Hall–Kier alpha value is -3.01. The van der Waals surface area contributed by atoms with Gasteiger partial charge in [0.2, 0.25) is 0 Å². The van der Waals surface area contributed by atoms with Gasteiger partial charge in [-0.15, -0.1) is 0 Å². The average Bonchev–Trinajstić information content (AvgIpc) is 3.16. The maximum absolute atomic E-state index is 12.7. The largest absolute Gasteiger partial charge is 0.337 e. The van der Waals surface area contributed by atoms with Gasteiger partial charge in [0.15, 0.2) is 0 Å². The zero-order chi connectivity index (χ0) is 19.4. The van der Waals surface area contributed by atoms with Crippen molar-refractivity contribution in [2.24, 2.45) is 0 Å². The van der Waals surface area contributed by atoms with Crippen LogP contribution in [0.1, 0.15) is 45.3 Å². The van der Waals surface area contributed by atoms with Crippen LogP contribution in [-0.4, -0.2) is 33.9 Å². The van der Waals surface area contributed by atoms with Crippen LogP contribution in [0.5, 0.6) is 0 Å². The van der Waals surface area contributed by atoms with Crippen LogP contribution < -0.4 is 0 Å². The molecule has 2 aromatic rings. The Labute approximate surface area is 161 Å². The van der Waals surface area contributed by atoms with E-state index in [1.807, 2.05) is 37.0 Å². The zero-order valence-electron chi connectivity index (χ0n) is 16.0. The Morgan fingerprint density at radius 2 is 1.96 bits per heavy atom. The van der Waals surface area contributed by atoms with Crippen molar-refractivity contribution in [3.05, 3.63) is 90.1 Å². The molecule has 1 aliphatic heterocycles. The number of carbonyl (C=O) groups excluding carboxylic acids is 1. The number of hydrogen-bond donors (Lipinski definition) is 0. The molecule has 0 aromatic carbocycles. The molecule has 138 valence electrons. The second-order valence-corrected chi connectivity index (χ2v) is 6.89. The molecule has 0 spiro atoms. The highest BCUT2D eigenvalue weighted by atomic mass is 16.2. The summed E-state index contributed by atoms with van der Waals surface area (Å²) in [4.78, 5) is 23.6. The van der Waals surface area contributed by atoms with Crippen LogP contribution in [-0.2, 0) is 0 Å². The van der Waals surface area contributed by atoms with Crippen molar-refractivity contribution in [1.29, 1.82) is 0 Å². The molecule has 1 unspecified atom stereocenters. The van der Waals surface area contributed by atoms with E-state index in [-0.39, 0.29) is 5.91 Å². The van der Waals surface area contributed by atoms with Crippen LogP contribution in [0.2, 0.25) is 0 Å². The molecule has 2 aromatic heterocycles. The molecule has 0 N–H and O–H groups in total. The number of carbonyl (C=O) groups is 1. The smallest absolute Gasteiger partial charge is 0.272 e. The third-order valence-corrected chi connectivity index (χ3v) is 4.99. The number of hydrogen-bond acceptors (Lipinski definition) is 3. The molecule has 27 heavy (non-hydrogen) atoms. The Balaban J connectivity index is 1.76. The topological polar surface area (TPSA) is 46.1 Å². The van der Waals surface area contributed by atoms with E-state index in [9.17, 15) is 4.79 Å². The number of nitrogens with zero attached hydrogens (tertiary/aromatic N) is 3. The molecule has 1 amide bonds. The number of aromatic nitrogens is 2. The summed E-state index contributed by atoms with van der Waals surface area (Å²) in [6.07, 6.45) is 8.10. The molecule has 0 saturated carbocycles. The van der Waals surface area contributed by atoms with Gasteiger partial charge in [-0.3, -0.25) is 14.8 Å². The van der Waals surface area contributed by atoms with Crippen molar-refractivity contribution in [1.82, 2.24) is 14.9 Å². The van der Waals surface area contributed by atoms with E-state index in [2.05, 4.69) is 24.2 Å². The Morgan fingerprint density at radius 1 is 1.19 bits per heavy atom. The van der Waals surface area contributed by atoms with E-state index in [0.29, 0.717) is 18.2 Å². The van der Waals surface area contributed by atoms with Gasteiger partial charge in [-0.1, -0.05) is 43.5 Å². The first-order chi connectivity index (χ1) is 13.0. The third-order valence-electron chi connectivity index (χ3n) is 4.99. The highest BCUT2D eigenvalue weighted by molar-refractivity contribution is 5.92. The van der Waals surface area contributed by atoms with Crippen LogP contribution in [0.3, 0.4) is 0 Å². The fraction of sp³-hybridized carbons (Fsp3) is 0.261. The molecule has 1 fully saturated rings. The summed E-state index contributed by atoms with van der Waals surface area (Å²) in [5, 5.41) is 0. The second-order valence-electron chi connectivity index (χ2n) is 6.89. The van der Waals surface area contributed by atoms with Gasteiger partial charge in [0.25, 0.3) is 5.91 Å². The van der Waals surface area contributed by atoms with Gasteiger partial charge in [0.05, 0.1) is 5.69 Å². The minimum absolute atomic E-state index is 0.00240. The molecule has 0 radical (unpaired) electrons. The van der Waals surface area contributed by atoms with Gasteiger partial charge < -0.3 is 4.90 Å². The number of amides is 1. The number of likely N-dealkylation sites (tertiary alicyclic amines) is 1. The monoisotopic (exact) mass is 359 g/mol. The van der Waals surface area contributed by atoms with Crippen molar-refractivity contribution in [3.63, 3.8) is 0 Å². The van der Waals surface area contributed by atoms with Gasteiger partial charge in [-0.2, -0.15) is 0 Å². The van der Waals surface area contributed by atoms with Crippen molar-refractivity contribution in [2.75, 3.05) is 13.1 Å². The van der Waals surface area contributed by atoms with Gasteiger partial charge in [-0.05, 0) is 49.1 Å². The number of allylic oxidation sites excluding steroid dienone is 4. The van der Waals surface area contributed by atoms with Crippen molar-refractivity contribution < 1.29 is 4.79 Å². The molecular formula is C23H25N3O. The predicted molar refractivity (Wildman–Crippen MR) is 110 cm³/mol. The Morgan fingerprint density at radius 3 is 2.59 bits per heavy atom. The molecule has 1 atom stereocenters. The fourth-order valence-electron chi connectivity index (χ4n) is 3.50. The van der Waals surface area contributed by atoms with Gasteiger partial charge in [0, 0.05) is 30.9 Å². The summed E-state index contributed by atoms with van der Waals surface area (Å²) in [7, 11) is 0. The van der Waals surface area contributed by atoms with E-state index in [1.54, 1.807) is 24.4 Å². The molecule has 1 saturated heterocycles. The molecule has 0 aliphatic carbocycles. The standard InChI is InChI=1S/C23H25N3O/c1-5-7-18(6-2)21-11-9-20(17(4)25-21)19-12-13-26(15-19)23(27)22-10-8-16(3)14-24-22/h5-11,14,19H,1-2,12-13,15H2,3-4H3/b18-7+. The third kappa shape index (κ3) is 4.05. The summed E-state index contributed by atoms with van der Waals surface area (Å²) < 4.78 is 0. The SMILES string of the molecule is C=C/C=C(\C=C)c1ccc(C2CCN(C(=O)c3ccc(C)cn3)C2)c(C)n1. The normalized spacial score (nSPS) is 17.0. The lowest BCUT2D eigenvalue weighted by atomic mass is 9.96. The predicted octanol–water partition coefficient (Wildman–Crippen LogP) is 4.48. The first-order valence-corrected chi connectivity index (χ1v) is 9.18. The van der Waals surface area contributed by atoms with Gasteiger partial charge in [0.1, 0.15) is 5.69 Å². The molecular weight excluding hydrogens is 334 g/mol. The van der Waals surface area contributed by atoms with Crippen molar-refractivity contribution in [3.8, 4) is 0 Å². The maximum Gasteiger partial charge on any atom is 0.272 e.